The molecule has 1 saturated heterocycles. The molecular weight excluding hydrogens is 288 g/mol. The number of carbonyl (C=O) groups excluding carboxylic acids is 1. The highest BCUT2D eigenvalue weighted by Crippen LogP contribution is 2.28. The summed E-state index contributed by atoms with van der Waals surface area (Å²) in [6.45, 7) is 2.90. The highest BCUT2D eigenvalue weighted by Gasteiger charge is 2.25. The van der Waals surface area contributed by atoms with E-state index in [-0.39, 0.29) is 5.91 Å². The third-order valence-electron chi connectivity index (χ3n) is 3.87. The maximum atomic E-state index is 12.4. The maximum absolute atomic E-state index is 12.4. The van der Waals surface area contributed by atoms with Gasteiger partial charge >= 0.3 is 0 Å². The summed E-state index contributed by atoms with van der Waals surface area (Å²) in [7, 11) is 0. The minimum Gasteiger partial charge on any atom is -0.358 e. The molecule has 0 saturated carbocycles. The number of para-hydroxylation sites is 1. The van der Waals surface area contributed by atoms with Crippen molar-refractivity contribution in [2.75, 3.05) is 30.3 Å². The Morgan fingerprint density at radius 1 is 1.20 bits per heavy atom. The molecule has 2 aliphatic rings. The molecule has 1 aromatic rings. The first-order chi connectivity index (χ1) is 9.75. The number of thioether (sulfide) groups is 1. The van der Waals surface area contributed by atoms with E-state index in [1.807, 2.05) is 23.1 Å². The van der Waals surface area contributed by atoms with Gasteiger partial charge in [0.05, 0.1) is 5.75 Å². The molecule has 1 aromatic carbocycles. The largest absolute Gasteiger partial charge is 0.358 e. The van der Waals surface area contributed by atoms with E-state index in [1.54, 1.807) is 0 Å². The molecule has 0 spiro atoms. The Bertz CT molecular complexity index is 526. The van der Waals surface area contributed by atoms with Gasteiger partial charge in [0.1, 0.15) is 4.32 Å². The van der Waals surface area contributed by atoms with Gasteiger partial charge in [0.2, 0.25) is 5.91 Å². The molecule has 0 radical (unpaired) electrons. The molecule has 0 atom stereocenters. The number of rotatable bonds is 2. The van der Waals surface area contributed by atoms with Crippen molar-refractivity contribution in [2.45, 2.75) is 19.3 Å². The van der Waals surface area contributed by atoms with E-state index in [4.69, 9.17) is 12.2 Å². The number of hydrogen-bond acceptors (Lipinski definition) is 3. The molecule has 20 heavy (non-hydrogen) atoms. The minimum atomic E-state index is 0.168. The van der Waals surface area contributed by atoms with E-state index in [0.717, 1.165) is 36.1 Å². The molecule has 0 aromatic heterocycles. The smallest absolute Gasteiger partial charge is 0.237 e. The molecule has 0 bridgehead atoms. The normalized spacial score (nSPS) is 17.4. The van der Waals surface area contributed by atoms with Crippen molar-refractivity contribution < 1.29 is 4.79 Å². The molecule has 106 valence electrons. The second-order valence-electron chi connectivity index (χ2n) is 5.17. The third-order valence-corrected chi connectivity index (χ3v) is 5.38. The van der Waals surface area contributed by atoms with Gasteiger partial charge in [0.25, 0.3) is 0 Å². The fraction of sp³-hybridized carbons (Fsp3) is 0.467. The van der Waals surface area contributed by atoms with Crippen LogP contribution in [-0.2, 0) is 11.2 Å². The number of fused-ring (bicyclic) bond motifs is 1. The number of benzene rings is 1. The Hall–Kier alpha value is -1.07. The van der Waals surface area contributed by atoms with Crippen molar-refractivity contribution >= 4 is 39.9 Å². The summed E-state index contributed by atoms with van der Waals surface area (Å²) in [4.78, 5) is 16.5. The first-order valence-corrected chi connectivity index (χ1v) is 8.45. The number of carbonyl (C=O) groups is 1. The zero-order valence-corrected chi connectivity index (χ0v) is 13.0. The fourth-order valence-electron chi connectivity index (χ4n) is 2.79. The van der Waals surface area contributed by atoms with Gasteiger partial charge in [-0.1, -0.05) is 42.2 Å². The van der Waals surface area contributed by atoms with Crippen LogP contribution in [0.3, 0.4) is 0 Å². The Morgan fingerprint density at radius 2 is 1.95 bits per heavy atom. The second-order valence-corrected chi connectivity index (χ2v) is 6.78. The molecule has 3 rings (SSSR count). The van der Waals surface area contributed by atoms with Gasteiger partial charge in [-0.3, -0.25) is 4.79 Å². The molecule has 3 nitrogen and oxygen atoms in total. The Kier molecular flexibility index (Phi) is 4.27. The lowest BCUT2D eigenvalue weighted by Crippen LogP contribution is -2.32. The Labute approximate surface area is 129 Å². The van der Waals surface area contributed by atoms with E-state index in [1.165, 1.54) is 30.2 Å². The van der Waals surface area contributed by atoms with Crippen LogP contribution in [0.1, 0.15) is 18.4 Å². The van der Waals surface area contributed by atoms with Crippen molar-refractivity contribution in [1.82, 2.24) is 4.90 Å². The van der Waals surface area contributed by atoms with Crippen molar-refractivity contribution in [1.29, 1.82) is 0 Å². The van der Waals surface area contributed by atoms with Crippen LogP contribution in [0.4, 0.5) is 5.69 Å². The van der Waals surface area contributed by atoms with Crippen LogP contribution >= 0.6 is 24.0 Å². The molecule has 1 amide bonds. The minimum absolute atomic E-state index is 0.168. The summed E-state index contributed by atoms with van der Waals surface area (Å²) in [5.41, 5.74) is 2.35. The summed E-state index contributed by atoms with van der Waals surface area (Å²) < 4.78 is 0.878. The van der Waals surface area contributed by atoms with Crippen LogP contribution in [0.15, 0.2) is 24.3 Å². The van der Waals surface area contributed by atoms with Crippen molar-refractivity contribution in [2.24, 2.45) is 0 Å². The van der Waals surface area contributed by atoms with Crippen molar-refractivity contribution in [3.63, 3.8) is 0 Å². The summed E-state index contributed by atoms with van der Waals surface area (Å²) in [6.07, 6.45) is 3.39. The highest BCUT2D eigenvalue weighted by molar-refractivity contribution is 8.23. The average Bonchev–Trinajstić information content (AvgIpc) is 3.13. The second kappa shape index (κ2) is 6.14. The lowest BCUT2D eigenvalue weighted by Gasteiger charge is -2.20. The summed E-state index contributed by atoms with van der Waals surface area (Å²) in [5.74, 6) is 0.616. The quantitative estimate of drug-likeness (QED) is 0.784. The molecule has 0 N–H and O–H groups in total. The Morgan fingerprint density at radius 3 is 2.75 bits per heavy atom. The van der Waals surface area contributed by atoms with Gasteiger partial charge in [0.15, 0.2) is 0 Å². The van der Waals surface area contributed by atoms with Crippen molar-refractivity contribution in [3.8, 4) is 0 Å². The van der Waals surface area contributed by atoms with Gasteiger partial charge in [-0.05, 0) is 30.9 Å². The van der Waals surface area contributed by atoms with Crippen LogP contribution in [0, 0.1) is 0 Å². The van der Waals surface area contributed by atoms with Gasteiger partial charge in [-0.15, -0.1) is 0 Å². The monoisotopic (exact) mass is 306 g/mol. The SMILES string of the molecule is O=C(CSC(=S)N1CCCC1)N1CCc2ccccc21. The predicted molar refractivity (Wildman–Crippen MR) is 88.4 cm³/mol. The van der Waals surface area contributed by atoms with Crippen LogP contribution < -0.4 is 4.90 Å². The van der Waals surface area contributed by atoms with E-state index >= 15 is 0 Å². The fourth-order valence-corrected chi connectivity index (χ4v) is 3.92. The summed E-state index contributed by atoms with van der Waals surface area (Å²) >= 11 is 6.91. The summed E-state index contributed by atoms with van der Waals surface area (Å²) in [5, 5.41) is 0. The van der Waals surface area contributed by atoms with Crippen LogP contribution in [0.25, 0.3) is 0 Å². The Balaban J connectivity index is 1.56. The number of hydrogen-bond donors (Lipinski definition) is 0. The van der Waals surface area contributed by atoms with Gasteiger partial charge in [-0.2, -0.15) is 0 Å². The van der Waals surface area contributed by atoms with Crippen LogP contribution in [0.5, 0.6) is 0 Å². The first-order valence-electron chi connectivity index (χ1n) is 7.06. The highest BCUT2D eigenvalue weighted by atomic mass is 32.2. The predicted octanol–water partition coefficient (Wildman–Crippen LogP) is 2.69. The molecule has 2 aliphatic heterocycles. The topological polar surface area (TPSA) is 23.6 Å². The first kappa shape index (κ1) is 13.9. The van der Waals surface area contributed by atoms with E-state index < -0.39 is 0 Å². The average molecular weight is 306 g/mol. The van der Waals surface area contributed by atoms with Gasteiger partial charge in [-0.25, -0.2) is 0 Å². The summed E-state index contributed by atoms with van der Waals surface area (Å²) in [6, 6.07) is 8.16. The number of anilines is 1. The van der Waals surface area contributed by atoms with Gasteiger partial charge in [0, 0.05) is 25.3 Å². The molecule has 1 fully saturated rings. The molecule has 2 heterocycles. The number of nitrogens with zero attached hydrogens (tertiary/aromatic N) is 2. The number of thiocarbonyl (C=S) groups is 1. The molecule has 0 aliphatic carbocycles. The van der Waals surface area contributed by atoms with E-state index in [0.29, 0.717) is 5.75 Å². The number of likely N-dealkylation sites (tertiary alicyclic amines) is 1. The maximum Gasteiger partial charge on any atom is 0.237 e. The van der Waals surface area contributed by atoms with Crippen molar-refractivity contribution in [3.05, 3.63) is 29.8 Å². The zero-order valence-electron chi connectivity index (χ0n) is 11.4. The molecule has 5 heteroatoms. The lowest BCUT2D eigenvalue weighted by molar-refractivity contribution is -0.116. The lowest BCUT2D eigenvalue weighted by atomic mass is 10.2. The van der Waals surface area contributed by atoms with Gasteiger partial charge < -0.3 is 9.80 Å². The number of amides is 1. The van der Waals surface area contributed by atoms with Crippen LogP contribution in [-0.4, -0.2) is 40.5 Å². The van der Waals surface area contributed by atoms with E-state index in [2.05, 4.69) is 11.0 Å². The molecule has 0 unspecified atom stereocenters. The van der Waals surface area contributed by atoms with Crippen LogP contribution in [0.2, 0.25) is 0 Å². The standard InChI is InChI=1S/C15H18N2OS2/c18-14(11-20-15(19)16-8-3-4-9-16)17-10-7-12-5-1-2-6-13(12)17/h1-2,5-6H,3-4,7-11H2. The zero-order chi connectivity index (χ0) is 13.9. The molecular formula is C15H18N2OS2. The van der Waals surface area contributed by atoms with E-state index in [9.17, 15) is 4.79 Å². The third kappa shape index (κ3) is 2.83.